The number of nitrogens with zero attached hydrogens (tertiary/aromatic N) is 1. The number of hydrogen-bond donors (Lipinski definition) is 2. The smallest absolute Gasteiger partial charge is 0.344 e. The molecular formula is C21H21N3O5. The second-order valence-electron chi connectivity index (χ2n) is 6.25. The molecule has 3 rings (SSSR count). The lowest BCUT2D eigenvalue weighted by molar-refractivity contribution is -0.155. The SMILES string of the molecule is Cc1cc(NC(=O)[C@H](C)OC(=O)COc2ccc(Nc3ccccc3)cc2)no1. The molecule has 0 saturated heterocycles. The van der Waals surface area contributed by atoms with Gasteiger partial charge in [-0.15, -0.1) is 0 Å². The standard InChI is InChI=1S/C21H21N3O5/c1-14-12-19(24-29-14)23-21(26)15(2)28-20(25)13-27-18-10-8-17(9-11-18)22-16-6-4-3-5-7-16/h3-12,15,22H,13H2,1-2H3,(H,23,24,26)/t15-/m0/s1. The molecular weight excluding hydrogens is 374 g/mol. The number of carbonyl (C=O) groups excluding carboxylic acids is 2. The van der Waals surface area contributed by atoms with Crippen LogP contribution >= 0.6 is 0 Å². The summed E-state index contributed by atoms with van der Waals surface area (Å²) in [5, 5.41) is 9.40. The first-order valence-electron chi connectivity index (χ1n) is 8.98. The van der Waals surface area contributed by atoms with Crippen molar-refractivity contribution in [3.63, 3.8) is 0 Å². The van der Waals surface area contributed by atoms with Gasteiger partial charge in [0.1, 0.15) is 11.5 Å². The summed E-state index contributed by atoms with van der Waals surface area (Å²) in [6.07, 6.45) is -0.999. The van der Waals surface area contributed by atoms with E-state index in [0.717, 1.165) is 11.4 Å². The Hall–Kier alpha value is -3.81. The first-order valence-corrected chi connectivity index (χ1v) is 8.98. The number of carbonyl (C=O) groups is 2. The maximum atomic E-state index is 12.0. The fraction of sp³-hybridized carbons (Fsp3) is 0.190. The van der Waals surface area contributed by atoms with Gasteiger partial charge in [0.2, 0.25) is 0 Å². The number of anilines is 3. The summed E-state index contributed by atoms with van der Waals surface area (Å²) in [7, 11) is 0. The zero-order chi connectivity index (χ0) is 20.6. The molecule has 8 heteroatoms. The highest BCUT2D eigenvalue weighted by molar-refractivity contribution is 5.94. The minimum atomic E-state index is -0.999. The zero-order valence-corrected chi connectivity index (χ0v) is 16.0. The third kappa shape index (κ3) is 6.10. The van der Waals surface area contributed by atoms with E-state index >= 15 is 0 Å². The first kappa shape index (κ1) is 19.9. The van der Waals surface area contributed by atoms with Crippen molar-refractivity contribution < 1.29 is 23.6 Å². The number of para-hydroxylation sites is 1. The third-order valence-corrected chi connectivity index (χ3v) is 3.83. The molecule has 1 atom stereocenters. The molecule has 2 N–H and O–H groups in total. The van der Waals surface area contributed by atoms with Crippen molar-refractivity contribution in [2.45, 2.75) is 20.0 Å². The Morgan fingerprint density at radius 2 is 1.76 bits per heavy atom. The predicted octanol–water partition coefficient (Wildman–Crippen LogP) is 3.68. The van der Waals surface area contributed by atoms with Gasteiger partial charge in [-0.25, -0.2) is 4.79 Å². The minimum absolute atomic E-state index is 0.260. The van der Waals surface area contributed by atoms with E-state index < -0.39 is 18.0 Å². The molecule has 0 aliphatic heterocycles. The molecule has 1 aromatic heterocycles. The highest BCUT2D eigenvalue weighted by atomic mass is 16.6. The van der Waals surface area contributed by atoms with E-state index in [0.29, 0.717) is 11.5 Å². The van der Waals surface area contributed by atoms with Gasteiger partial charge in [0.05, 0.1) is 0 Å². The Balaban J connectivity index is 1.43. The topological polar surface area (TPSA) is 103 Å². The molecule has 0 bridgehead atoms. The first-order chi connectivity index (χ1) is 14.0. The second kappa shape index (κ2) is 9.41. The Bertz CT molecular complexity index is 954. The maximum absolute atomic E-state index is 12.0. The molecule has 0 aliphatic carbocycles. The molecule has 150 valence electrons. The molecule has 8 nitrogen and oxygen atoms in total. The van der Waals surface area contributed by atoms with Crippen molar-refractivity contribution >= 4 is 29.1 Å². The Morgan fingerprint density at radius 1 is 1.07 bits per heavy atom. The molecule has 0 saturated carbocycles. The van der Waals surface area contributed by atoms with Crippen LogP contribution in [-0.2, 0) is 14.3 Å². The van der Waals surface area contributed by atoms with Gasteiger partial charge in [-0.05, 0) is 50.2 Å². The number of aromatic nitrogens is 1. The van der Waals surface area contributed by atoms with Crippen LogP contribution in [0.5, 0.6) is 5.75 Å². The summed E-state index contributed by atoms with van der Waals surface area (Å²) in [5.74, 6) is 0.161. The van der Waals surface area contributed by atoms with Crippen LogP contribution in [-0.4, -0.2) is 29.7 Å². The summed E-state index contributed by atoms with van der Waals surface area (Å²) in [6.45, 7) is 2.85. The molecule has 3 aromatic rings. The number of esters is 1. The quantitative estimate of drug-likeness (QED) is 0.561. The second-order valence-corrected chi connectivity index (χ2v) is 6.25. The van der Waals surface area contributed by atoms with Gasteiger partial charge in [-0.2, -0.15) is 0 Å². The molecule has 0 aliphatic rings. The van der Waals surface area contributed by atoms with E-state index in [9.17, 15) is 9.59 Å². The molecule has 0 spiro atoms. The number of amides is 1. The Morgan fingerprint density at radius 3 is 2.41 bits per heavy atom. The number of benzene rings is 2. The summed E-state index contributed by atoms with van der Waals surface area (Å²) >= 11 is 0. The maximum Gasteiger partial charge on any atom is 0.344 e. The summed E-state index contributed by atoms with van der Waals surface area (Å²) in [6, 6.07) is 18.5. The number of nitrogens with one attached hydrogen (secondary N) is 2. The highest BCUT2D eigenvalue weighted by Gasteiger charge is 2.19. The van der Waals surface area contributed by atoms with E-state index in [2.05, 4.69) is 15.8 Å². The lowest BCUT2D eigenvalue weighted by Gasteiger charge is -2.13. The van der Waals surface area contributed by atoms with Crippen LogP contribution in [0.3, 0.4) is 0 Å². The van der Waals surface area contributed by atoms with Crippen LogP contribution in [0.1, 0.15) is 12.7 Å². The lowest BCUT2D eigenvalue weighted by Crippen LogP contribution is -2.31. The average Bonchev–Trinajstić information content (AvgIpc) is 3.12. The van der Waals surface area contributed by atoms with Crippen LogP contribution in [0.2, 0.25) is 0 Å². The molecule has 0 radical (unpaired) electrons. The molecule has 29 heavy (non-hydrogen) atoms. The highest BCUT2D eigenvalue weighted by Crippen LogP contribution is 2.20. The van der Waals surface area contributed by atoms with Gasteiger partial charge >= 0.3 is 5.97 Å². The molecule has 0 unspecified atom stereocenters. The molecule has 2 aromatic carbocycles. The van der Waals surface area contributed by atoms with Crippen LogP contribution in [0.15, 0.2) is 65.2 Å². The summed E-state index contributed by atoms with van der Waals surface area (Å²) in [5.41, 5.74) is 1.86. The Labute approximate surface area is 167 Å². The summed E-state index contributed by atoms with van der Waals surface area (Å²) < 4.78 is 15.3. The largest absolute Gasteiger partial charge is 0.482 e. The fourth-order valence-electron chi connectivity index (χ4n) is 2.40. The lowest BCUT2D eigenvalue weighted by atomic mass is 10.2. The Kier molecular flexibility index (Phi) is 6.47. The monoisotopic (exact) mass is 395 g/mol. The van der Waals surface area contributed by atoms with Gasteiger partial charge < -0.3 is 24.6 Å². The van der Waals surface area contributed by atoms with Gasteiger partial charge in [0.25, 0.3) is 5.91 Å². The van der Waals surface area contributed by atoms with E-state index in [1.165, 1.54) is 6.92 Å². The minimum Gasteiger partial charge on any atom is -0.482 e. The fourth-order valence-corrected chi connectivity index (χ4v) is 2.40. The summed E-state index contributed by atoms with van der Waals surface area (Å²) in [4.78, 5) is 23.9. The molecule has 1 amide bonds. The van der Waals surface area contributed by atoms with Crippen molar-refractivity contribution in [3.05, 3.63) is 66.4 Å². The number of hydrogen-bond acceptors (Lipinski definition) is 7. The predicted molar refractivity (Wildman–Crippen MR) is 107 cm³/mol. The van der Waals surface area contributed by atoms with Crippen molar-refractivity contribution in [2.75, 3.05) is 17.2 Å². The normalized spacial score (nSPS) is 11.4. The van der Waals surface area contributed by atoms with Crippen LogP contribution in [0.25, 0.3) is 0 Å². The van der Waals surface area contributed by atoms with Crippen LogP contribution < -0.4 is 15.4 Å². The van der Waals surface area contributed by atoms with E-state index in [1.807, 2.05) is 42.5 Å². The third-order valence-electron chi connectivity index (χ3n) is 3.83. The van der Waals surface area contributed by atoms with Gasteiger partial charge in [0, 0.05) is 17.4 Å². The van der Waals surface area contributed by atoms with Crippen molar-refractivity contribution in [1.82, 2.24) is 5.16 Å². The number of aryl methyl sites for hydroxylation is 1. The molecule has 0 fully saturated rings. The average molecular weight is 395 g/mol. The van der Waals surface area contributed by atoms with Crippen molar-refractivity contribution in [2.24, 2.45) is 0 Å². The van der Waals surface area contributed by atoms with Crippen molar-refractivity contribution in [3.8, 4) is 5.75 Å². The molecule has 1 heterocycles. The van der Waals surface area contributed by atoms with E-state index in [1.54, 1.807) is 25.1 Å². The number of rotatable bonds is 8. The van der Waals surface area contributed by atoms with E-state index in [-0.39, 0.29) is 12.4 Å². The van der Waals surface area contributed by atoms with Crippen molar-refractivity contribution in [1.29, 1.82) is 0 Å². The van der Waals surface area contributed by atoms with Gasteiger partial charge in [0.15, 0.2) is 18.5 Å². The van der Waals surface area contributed by atoms with E-state index in [4.69, 9.17) is 14.0 Å². The zero-order valence-electron chi connectivity index (χ0n) is 16.0. The van der Waals surface area contributed by atoms with Crippen LogP contribution in [0.4, 0.5) is 17.2 Å². The van der Waals surface area contributed by atoms with Gasteiger partial charge in [-0.1, -0.05) is 23.4 Å². The van der Waals surface area contributed by atoms with Crippen LogP contribution in [0, 0.1) is 6.92 Å². The number of ether oxygens (including phenoxy) is 2. The van der Waals surface area contributed by atoms with Gasteiger partial charge in [-0.3, -0.25) is 4.79 Å².